The van der Waals surface area contributed by atoms with Crippen molar-refractivity contribution >= 4 is 29.7 Å². The van der Waals surface area contributed by atoms with Crippen LogP contribution in [0.2, 0.25) is 0 Å². The predicted octanol–water partition coefficient (Wildman–Crippen LogP) is 1.96. The Morgan fingerprint density at radius 3 is 3.06 bits per heavy atom. The molecule has 3 nitrogen and oxygen atoms in total. The summed E-state index contributed by atoms with van der Waals surface area (Å²) in [6.45, 7) is 3.80. The first kappa shape index (κ1) is 13.5. The number of carbonyl (C=O) groups excluding carboxylic acids is 1. The van der Waals surface area contributed by atoms with Crippen LogP contribution in [0, 0.1) is 6.92 Å². The summed E-state index contributed by atoms with van der Waals surface area (Å²) in [6.07, 6.45) is 2.39. The van der Waals surface area contributed by atoms with Crippen molar-refractivity contribution in [3.63, 3.8) is 0 Å². The van der Waals surface area contributed by atoms with E-state index in [1.807, 2.05) is 18.4 Å². The minimum absolute atomic E-state index is 0. The summed E-state index contributed by atoms with van der Waals surface area (Å²) in [4.78, 5) is 12.6. The molecule has 1 aliphatic heterocycles. The minimum atomic E-state index is 0. The van der Waals surface area contributed by atoms with Crippen molar-refractivity contribution in [3.8, 4) is 0 Å². The van der Waals surface area contributed by atoms with Gasteiger partial charge in [0.25, 0.3) is 5.91 Å². The van der Waals surface area contributed by atoms with Gasteiger partial charge in [0.15, 0.2) is 0 Å². The lowest BCUT2D eigenvalue weighted by molar-refractivity contribution is 0.0954. The van der Waals surface area contributed by atoms with Crippen LogP contribution in [0.4, 0.5) is 0 Å². The van der Waals surface area contributed by atoms with Crippen molar-refractivity contribution in [2.45, 2.75) is 25.8 Å². The number of hydrogen-bond acceptors (Lipinski definition) is 3. The summed E-state index contributed by atoms with van der Waals surface area (Å²) in [6, 6.07) is 2.45. The molecule has 1 unspecified atom stereocenters. The normalized spacial score (nSPS) is 19.2. The highest BCUT2D eigenvalue weighted by molar-refractivity contribution is 7.12. The Kier molecular flexibility index (Phi) is 5.25. The zero-order valence-electron chi connectivity index (χ0n) is 9.29. The summed E-state index contributed by atoms with van der Waals surface area (Å²) in [7, 11) is 0. The summed E-state index contributed by atoms with van der Waals surface area (Å²) < 4.78 is 0. The molecule has 0 aliphatic carbocycles. The topological polar surface area (TPSA) is 41.1 Å². The van der Waals surface area contributed by atoms with Gasteiger partial charge in [-0.2, -0.15) is 0 Å². The molecule has 1 aromatic rings. The van der Waals surface area contributed by atoms with Gasteiger partial charge < -0.3 is 10.6 Å². The van der Waals surface area contributed by atoms with Gasteiger partial charge in [-0.15, -0.1) is 23.7 Å². The standard InChI is InChI=1S/C11H16N2OS.ClH/c1-8-4-6-15-10(8)11(14)13-7-9-3-2-5-12-9;/h4,6,9,12H,2-3,5,7H2,1H3,(H,13,14);1H. The van der Waals surface area contributed by atoms with Gasteiger partial charge in [-0.3, -0.25) is 4.79 Å². The van der Waals surface area contributed by atoms with Gasteiger partial charge in [0.2, 0.25) is 0 Å². The lowest BCUT2D eigenvalue weighted by Crippen LogP contribution is -2.37. The molecule has 1 amide bonds. The van der Waals surface area contributed by atoms with Crippen molar-refractivity contribution in [2.75, 3.05) is 13.1 Å². The van der Waals surface area contributed by atoms with Crippen LogP contribution in [0.3, 0.4) is 0 Å². The molecule has 1 aromatic heterocycles. The fourth-order valence-corrected chi connectivity index (χ4v) is 2.67. The highest BCUT2D eigenvalue weighted by atomic mass is 35.5. The molecule has 0 bridgehead atoms. The molecule has 5 heteroatoms. The van der Waals surface area contributed by atoms with Crippen LogP contribution in [0.15, 0.2) is 11.4 Å². The number of aryl methyl sites for hydroxylation is 1. The molecule has 90 valence electrons. The average Bonchev–Trinajstić information content (AvgIpc) is 2.84. The van der Waals surface area contributed by atoms with Gasteiger partial charge in [-0.05, 0) is 43.3 Å². The quantitative estimate of drug-likeness (QED) is 0.872. The van der Waals surface area contributed by atoms with Crippen LogP contribution in [-0.4, -0.2) is 25.0 Å². The molecule has 2 heterocycles. The van der Waals surface area contributed by atoms with E-state index in [-0.39, 0.29) is 18.3 Å². The first-order valence-electron chi connectivity index (χ1n) is 5.33. The van der Waals surface area contributed by atoms with Crippen LogP contribution in [-0.2, 0) is 0 Å². The molecule has 1 fully saturated rings. The third kappa shape index (κ3) is 3.20. The van der Waals surface area contributed by atoms with Crippen LogP contribution in [0.25, 0.3) is 0 Å². The number of thiophene rings is 1. The Morgan fingerprint density at radius 2 is 2.50 bits per heavy atom. The molecule has 16 heavy (non-hydrogen) atoms. The molecule has 0 spiro atoms. The van der Waals surface area contributed by atoms with Gasteiger partial charge in [0.1, 0.15) is 0 Å². The van der Waals surface area contributed by atoms with E-state index < -0.39 is 0 Å². The predicted molar refractivity (Wildman–Crippen MR) is 69.7 cm³/mol. The average molecular weight is 261 g/mol. The summed E-state index contributed by atoms with van der Waals surface area (Å²) >= 11 is 1.51. The Hall–Kier alpha value is -0.580. The molecule has 0 radical (unpaired) electrons. The van der Waals surface area contributed by atoms with Crippen LogP contribution < -0.4 is 10.6 Å². The number of hydrogen-bond donors (Lipinski definition) is 2. The van der Waals surface area contributed by atoms with E-state index in [0.717, 1.165) is 23.5 Å². The van der Waals surface area contributed by atoms with Gasteiger partial charge >= 0.3 is 0 Å². The van der Waals surface area contributed by atoms with Crippen molar-refractivity contribution in [1.82, 2.24) is 10.6 Å². The number of halogens is 1. The van der Waals surface area contributed by atoms with Crippen LogP contribution >= 0.6 is 23.7 Å². The number of carbonyl (C=O) groups is 1. The highest BCUT2D eigenvalue weighted by Gasteiger charge is 2.16. The van der Waals surface area contributed by atoms with Gasteiger partial charge in [-0.1, -0.05) is 0 Å². The van der Waals surface area contributed by atoms with Crippen LogP contribution in [0.1, 0.15) is 28.1 Å². The molecular weight excluding hydrogens is 244 g/mol. The number of rotatable bonds is 3. The number of nitrogens with one attached hydrogen (secondary N) is 2. The molecular formula is C11H17ClN2OS. The van der Waals surface area contributed by atoms with E-state index in [2.05, 4.69) is 10.6 Å². The molecule has 1 saturated heterocycles. The smallest absolute Gasteiger partial charge is 0.261 e. The summed E-state index contributed by atoms with van der Waals surface area (Å²) in [5.74, 6) is 0.0659. The van der Waals surface area contributed by atoms with E-state index in [0.29, 0.717) is 6.04 Å². The SMILES string of the molecule is Cc1ccsc1C(=O)NCC1CCCN1.Cl. The molecule has 2 rings (SSSR count). The zero-order valence-corrected chi connectivity index (χ0v) is 10.9. The van der Waals surface area contributed by atoms with E-state index in [1.54, 1.807) is 0 Å². The maximum Gasteiger partial charge on any atom is 0.261 e. The van der Waals surface area contributed by atoms with Crippen molar-refractivity contribution < 1.29 is 4.79 Å². The van der Waals surface area contributed by atoms with Crippen LogP contribution in [0.5, 0.6) is 0 Å². The monoisotopic (exact) mass is 260 g/mol. The van der Waals surface area contributed by atoms with Crippen molar-refractivity contribution in [2.24, 2.45) is 0 Å². The largest absolute Gasteiger partial charge is 0.350 e. The Morgan fingerprint density at radius 1 is 1.69 bits per heavy atom. The Labute approximate surface area is 106 Å². The number of amides is 1. The fourth-order valence-electron chi connectivity index (χ4n) is 1.83. The van der Waals surface area contributed by atoms with Crippen molar-refractivity contribution in [1.29, 1.82) is 0 Å². The first-order chi connectivity index (χ1) is 7.27. The molecule has 0 saturated carbocycles. The second kappa shape index (κ2) is 6.23. The van der Waals surface area contributed by atoms with Crippen molar-refractivity contribution in [3.05, 3.63) is 21.9 Å². The summed E-state index contributed by atoms with van der Waals surface area (Å²) in [5, 5.41) is 8.29. The maximum atomic E-state index is 11.8. The van der Waals surface area contributed by atoms with Gasteiger partial charge in [-0.25, -0.2) is 0 Å². The first-order valence-corrected chi connectivity index (χ1v) is 6.21. The third-order valence-electron chi connectivity index (χ3n) is 2.74. The second-order valence-electron chi connectivity index (χ2n) is 3.94. The van der Waals surface area contributed by atoms with E-state index >= 15 is 0 Å². The van der Waals surface area contributed by atoms with E-state index in [4.69, 9.17) is 0 Å². The Balaban J connectivity index is 0.00000128. The molecule has 0 aromatic carbocycles. The molecule has 2 N–H and O–H groups in total. The maximum absolute atomic E-state index is 11.8. The van der Waals surface area contributed by atoms with E-state index in [1.165, 1.54) is 24.2 Å². The minimum Gasteiger partial charge on any atom is -0.350 e. The second-order valence-corrected chi connectivity index (χ2v) is 4.85. The third-order valence-corrected chi connectivity index (χ3v) is 3.75. The van der Waals surface area contributed by atoms with Gasteiger partial charge in [0, 0.05) is 12.6 Å². The fraction of sp³-hybridized carbons (Fsp3) is 0.545. The zero-order chi connectivity index (χ0) is 10.7. The van der Waals surface area contributed by atoms with E-state index in [9.17, 15) is 4.79 Å². The lowest BCUT2D eigenvalue weighted by Gasteiger charge is -2.10. The lowest BCUT2D eigenvalue weighted by atomic mass is 10.2. The molecule has 1 atom stereocenters. The summed E-state index contributed by atoms with van der Waals surface area (Å²) in [5.41, 5.74) is 1.07. The molecule has 1 aliphatic rings. The Bertz CT molecular complexity index is 348. The highest BCUT2D eigenvalue weighted by Crippen LogP contribution is 2.15. The van der Waals surface area contributed by atoms with Gasteiger partial charge in [0.05, 0.1) is 4.88 Å².